The highest BCUT2D eigenvalue weighted by molar-refractivity contribution is 5.73. The average molecular weight is 206 g/mol. The van der Waals surface area contributed by atoms with Gasteiger partial charge in [-0.05, 0) is 24.0 Å². The number of aryl methyl sites for hydroxylation is 1. The topological polar surface area (TPSA) is 46.5 Å². The van der Waals surface area contributed by atoms with E-state index in [2.05, 4.69) is 4.74 Å². The monoisotopic (exact) mass is 206 g/mol. The Hall–Kier alpha value is -1.35. The first-order valence-corrected chi connectivity index (χ1v) is 5.07. The predicted octanol–water partition coefficient (Wildman–Crippen LogP) is 1.46. The lowest BCUT2D eigenvalue weighted by Crippen LogP contribution is -2.28. The molecule has 80 valence electrons. The minimum atomic E-state index is -0.720. The van der Waals surface area contributed by atoms with Gasteiger partial charge in [0.05, 0.1) is 19.1 Å². The molecule has 0 aliphatic heterocycles. The quantitative estimate of drug-likeness (QED) is 0.707. The maximum absolute atomic E-state index is 11.4. The Bertz CT molecular complexity index is 373. The van der Waals surface area contributed by atoms with Gasteiger partial charge in [-0.2, -0.15) is 0 Å². The number of fused-ring (bicyclic) bond motifs is 1. The Labute approximate surface area is 88.7 Å². The zero-order valence-corrected chi connectivity index (χ0v) is 8.64. The number of carbonyl (C=O) groups is 1. The second-order valence-corrected chi connectivity index (χ2v) is 3.81. The molecule has 0 unspecified atom stereocenters. The molecule has 0 saturated heterocycles. The molecule has 2 rings (SSSR count). The molecular formula is C12H14O3. The fourth-order valence-corrected chi connectivity index (χ4v) is 2.13. The van der Waals surface area contributed by atoms with Crippen LogP contribution < -0.4 is 0 Å². The molecule has 1 aromatic rings. The Balaban J connectivity index is 2.29. The third-order valence-corrected chi connectivity index (χ3v) is 2.98. The smallest absolute Gasteiger partial charge is 0.311 e. The van der Waals surface area contributed by atoms with Gasteiger partial charge in [0, 0.05) is 0 Å². The van der Waals surface area contributed by atoms with Crippen LogP contribution in [0.15, 0.2) is 24.3 Å². The number of carbonyl (C=O) groups excluding carboxylic acids is 1. The molecule has 0 spiro atoms. The largest absolute Gasteiger partial charge is 0.469 e. The summed E-state index contributed by atoms with van der Waals surface area (Å²) in [6, 6.07) is 7.69. The molecule has 1 aliphatic carbocycles. The van der Waals surface area contributed by atoms with Gasteiger partial charge in [0.15, 0.2) is 0 Å². The SMILES string of the molecule is COC(=O)[C@H]1CCc2ccccc2[C@H]1O. The van der Waals surface area contributed by atoms with Crippen molar-refractivity contribution >= 4 is 5.97 Å². The van der Waals surface area contributed by atoms with E-state index in [9.17, 15) is 9.90 Å². The van der Waals surface area contributed by atoms with E-state index < -0.39 is 12.0 Å². The van der Waals surface area contributed by atoms with E-state index in [1.54, 1.807) is 0 Å². The molecule has 0 fully saturated rings. The van der Waals surface area contributed by atoms with Crippen LogP contribution in [0.25, 0.3) is 0 Å². The van der Waals surface area contributed by atoms with Crippen molar-refractivity contribution < 1.29 is 14.6 Å². The number of ether oxygens (including phenoxy) is 1. The third kappa shape index (κ3) is 1.75. The molecule has 2 atom stereocenters. The highest BCUT2D eigenvalue weighted by Gasteiger charge is 2.33. The fourth-order valence-electron chi connectivity index (χ4n) is 2.13. The van der Waals surface area contributed by atoms with Crippen molar-refractivity contribution in [2.24, 2.45) is 5.92 Å². The summed E-state index contributed by atoms with van der Waals surface area (Å²) in [5.74, 6) is -0.734. The van der Waals surface area contributed by atoms with Crippen LogP contribution in [0, 0.1) is 5.92 Å². The van der Waals surface area contributed by atoms with Gasteiger partial charge in [-0.25, -0.2) is 0 Å². The standard InChI is InChI=1S/C12H14O3/c1-15-12(14)10-7-6-8-4-2-3-5-9(8)11(10)13/h2-5,10-11,13H,6-7H2,1H3/t10-,11+/m0/s1. The van der Waals surface area contributed by atoms with Crippen molar-refractivity contribution in [3.8, 4) is 0 Å². The van der Waals surface area contributed by atoms with E-state index >= 15 is 0 Å². The number of esters is 1. The van der Waals surface area contributed by atoms with Crippen LogP contribution in [0.3, 0.4) is 0 Å². The minimum Gasteiger partial charge on any atom is -0.469 e. The van der Waals surface area contributed by atoms with Gasteiger partial charge in [-0.15, -0.1) is 0 Å². The van der Waals surface area contributed by atoms with Crippen LogP contribution in [0.2, 0.25) is 0 Å². The molecule has 0 bridgehead atoms. The summed E-state index contributed by atoms with van der Waals surface area (Å²) in [7, 11) is 1.36. The van der Waals surface area contributed by atoms with Gasteiger partial charge in [0.2, 0.25) is 0 Å². The highest BCUT2D eigenvalue weighted by atomic mass is 16.5. The van der Waals surface area contributed by atoms with E-state index in [1.807, 2.05) is 24.3 Å². The Morgan fingerprint density at radius 3 is 2.93 bits per heavy atom. The maximum atomic E-state index is 11.4. The minimum absolute atomic E-state index is 0.322. The van der Waals surface area contributed by atoms with Crippen LogP contribution >= 0.6 is 0 Å². The van der Waals surface area contributed by atoms with E-state index in [1.165, 1.54) is 7.11 Å². The van der Waals surface area contributed by atoms with Gasteiger partial charge < -0.3 is 9.84 Å². The summed E-state index contributed by atoms with van der Waals surface area (Å²) < 4.78 is 4.68. The van der Waals surface area contributed by atoms with Crippen molar-refractivity contribution in [3.05, 3.63) is 35.4 Å². The van der Waals surface area contributed by atoms with Crippen molar-refractivity contribution in [1.82, 2.24) is 0 Å². The summed E-state index contributed by atoms with van der Waals surface area (Å²) in [4.78, 5) is 11.4. The third-order valence-electron chi connectivity index (χ3n) is 2.98. The number of rotatable bonds is 1. The average Bonchev–Trinajstić information content (AvgIpc) is 2.29. The molecule has 0 radical (unpaired) electrons. The predicted molar refractivity (Wildman–Crippen MR) is 55.2 cm³/mol. The molecule has 0 aromatic heterocycles. The summed E-state index contributed by atoms with van der Waals surface area (Å²) >= 11 is 0. The lowest BCUT2D eigenvalue weighted by molar-refractivity contribution is -0.150. The van der Waals surface area contributed by atoms with Crippen molar-refractivity contribution in [2.45, 2.75) is 18.9 Å². The van der Waals surface area contributed by atoms with Gasteiger partial charge in [0.25, 0.3) is 0 Å². The molecule has 1 N–H and O–H groups in total. The van der Waals surface area contributed by atoms with Gasteiger partial charge in [-0.1, -0.05) is 24.3 Å². The number of aliphatic hydroxyl groups excluding tert-OH is 1. The summed E-state index contributed by atoms with van der Waals surface area (Å²) in [6.07, 6.45) is 0.764. The van der Waals surface area contributed by atoms with Crippen molar-refractivity contribution in [1.29, 1.82) is 0 Å². The summed E-state index contributed by atoms with van der Waals surface area (Å²) in [6.45, 7) is 0. The van der Waals surface area contributed by atoms with Crippen molar-refractivity contribution in [2.75, 3.05) is 7.11 Å². The normalized spacial score (nSPS) is 24.4. The number of hydrogen-bond acceptors (Lipinski definition) is 3. The molecule has 3 nitrogen and oxygen atoms in total. The maximum Gasteiger partial charge on any atom is 0.311 e. The number of benzene rings is 1. The number of aliphatic hydroxyl groups is 1. The molecule has 0 heterocycles. The van der Waals surface area contributed by atoms with E-state index in [0.29, 0.717) is 6.42 Å². The molecule has 1 aliphatic rings. The summed E-state index contributed by atoms with van der Waals surface area (Å²) in [5, 5.41) is 10.0. The van der Waals surface area contributed by atoms with E-state index in [0.717, 1.165) is 17.5 Å². The second kappa shape index (κ2) is 4.03. The first-order valence-electron chi connectivity index (χ1n) is 5.07. The second-order valence-electron chi connectivity index (χ2n) is 3.81. The van der Waals surface area contributed by atoms with E-state index in [4.69, 9.17) is 0 Å². The first-order chi connectivity index (χ1) is 7.24. The zero-order valence-electron chi connectivity index (χ0n) is 8.64. The molecule has 3 heteroatoms. The Kier molecular flexibility index (Phi) is 2.73. The zero-order chi connectivity index (χ0) is 10.8. The molecule has 15 heavy (non-hydrogen) atoms. The summed E-state index contributed by atoms with van der Waals surface area (Å²) in [5.41, 5.74) is 1.99. The Morgan fingerprint density at radius 1 is 1.47 bits per heavy atom. The van der Waals surface area contributed by atoms with Gasteiger partial charge >= 0.3 is 5.97 Å². The number of hydrogen-bond donors (Lipinski definition) is 1. The van der Waals surface area contributed by atoms with Crippen LogP contribution in [0.1, 0.15) is 23.7 Å². The van der Waals surface area contributed by atoms with Crippen LogP contribution in [-0.2, 0) is 16.0 Å². The first kappa shape index (κ1) is 10.2. The van der Waals surface area contributed by atoms with Crippen molar-refractivity contribution in [3.63, 3.8) is 0 Å². The highest BCUT2D eigenvalue weighted by Crippen LogP contribution is 2.34. The van der Waals surface area contributed by atoms with E-state index in [-0.39, 0.29) is 5.97 Å². The molecular weight excluding hydrogens is 192 g/mol. The fraction of sp³-hybridized carbons (Fsp3) is 0.417. The van der Waals surface area contributed by atoms with Crippen LogP contribution in [-0.4, -0.2) is 18.2 Å². The lowest BCUT2D eigenvalue weighted by Gasteiger charge is -2.27. The number of methoxy groups -OCH3 is 1. The van der Waals surface area contributed by atoms with Crippen LogP contribution in [0.4, 0.5) is 0 Å². The molecule has 1 aromatic carbocycles. The van der Waals surface area contributed by atoms with Crippen LogP contribution in [0.5, 0.6) is 0 Å². The van der Waals surface area contributed by atoms with Gasteiger partial charge in [0.1, 0.15) is 0 Å². The van der Waals surface area contributed by atoms with Gasteiger partial charge in [-0.3, -0.25) is 4.79 Å². The molecule has 0 amide bonds. The Morgan fingerprint density at radius 2 is 2.20 bits per heavy atom. The molecule has 0 saturated carbocycles. The lowest BCUT2D eigenvalue weighted by atomic mass is 9.81.